The SMILES string of the molecule is O=C(O)/C=C/c1ccc(/C(=C(\c2ccc(F)cc2Cl)C2CCC2)c2ccc3[nH]c(=O)oc3c2)cc1. The Morgan fingerprint density at radius 1 is 1.06 bits per heavy atom. The number of H-pyrrole nitrogens is 1. The number of nitrogens with one attached hydrogen (secondary N) is 1. The van der Waals surface area contributed by atoms with E-state index in [1.54, 1.807) is 12.1 Å². The standard InChI is InChI=1S/C28H21ClFNO4/c29-22-15-20(30)10-11-21(22)27(17-2-1-3-17)26(18-7-4-16(5-8-18)6-13-25(32)33)19-9-12-23-24(14-19)35-28(34)31-23/h4-15,17H,1-3H2,(H,31,34)(H,32,33)/b13-6+,27-26+. The molecule has 0 amide bonds. The van der Waals surface area contributed by atoms with Crippen molar-refractivity contribution in [3.05, 3.63) is 110 Å². The van der Waals surface area contributed by atoms with Gasteiger partial charge in [0.15, 0.2) is 5.58 Å². The normalized spacial score (nSPS) is 14.8. The summed E-state index contributed by atoms with van der Waals surface area (Å²) in [6, 6.07) is 17.5. The fourth-order valence-corrected chi connectivity index (χ4v) is 4.74. The third kappa shape index (κ3) is 4.70. The summed E-state index contributed by atoms with van der Waals surface area (Å²) in [6.07, 6.45) is 5.66. The molecule has 1 aliphatic carbocycles. The maximum absolute atomic E-state index is 13.9. The third-order valence-corrected chi connectivity index (χ3v) is 6.64. The van der Waals surface area contributed by atoms with Crippen molar-refractivity contribution >= 4 is 45.9 Å². The molecule has 0 spiro atoms. The van der Waals surface area contributed by atoms with Crippen LogP contribution in [0.1, 0.15) is 41.5 Å². The number of aromatic amines is 1. The molecule has 4 aromatic rings. The Balaban J connectivity index is 1.76. The summed E-state index contributed by atoms with van der Waals surface area (Å²) >= 11 is 6.56. The molecule has 1 aromatic heterocycles. The Bertz CT molecular complexity index is 1540. The van der Waals surface area contributed by atoms with Gasteiger partial charge in [0.2, 0.25) is 0 Å². The first-order chi connectivity index (χ1) is 16.9. The number of carboxylic acid groups (broad SMARTS) is 1. The number of oxazole rings is 1. The molecule has 5 nitrogen and oxygen atoms in total. The van der Waals surface area contributed by atoms with E-state index >= 15 is 0 Å². The first kappa shape index (κ1) is 22.9. The number of hydrogen-bond donors (Lipinski definition) is 2. The second kappa shape index (κ2) is 9.39. The average Bonchev–Trinajstić information content (AvgIpc) is 3.16. The summed E-state index contributed by atoms with van der Waals surface area (Å²) in [6.45, 7) is 0. The Hall–Kier alpha value is -3.90. The van der Waals surface area contributed by atoms with E-state index in [4.69, 9.17) is 21.1 Å². The highest BCUT2D eigenvalue weighted by Crippen LogP contribution is 2.47. The van der Waals surface area contributed by atoms with Gasteiger partial charge in [0.25, 0.3) is 0 Å². The lowest BCUT2D eigenvalue weighted by atomic mass is 9.73. The molecule has 35 heavy (non-hydrogen) atoms. The van der Waals surface area contributed by atoms with Crippen molar-refractivity contribution in [1.29, 1.82) is 0 Å². The van der Waals surface area contributed by atoms with Crippen LogP contribution in [0, 0.1) is 11.7 Å². The van der Waals surface area contributed by atoms with Crippen LogP contribution < -0.4 is 5.76 Å². The van der Waals surface area contributed by atoms with Crippen LogP contribution in [0.5, 0.6) is 0 Å². The van der Waals surface area contributed by atoms with Gasteiger partial charge in [-0.1, -0.05) is 54.4 Å². The molecule has 176 valence electrons. The van der Waals surface area contributed by atoms with Gasteiger partial charge < -0.3 is 9.52 Å². The number of fused-ring (bicyclic) bond motifs is 1. The zero-order valence-electron chi connectivity index (χ0n) is 18.6. The van der Waals surface area contributed by atoms with Gasteiger partial charge >= 0.3 is 11.7 Å². The highest BCUT2D eigenvalue weighted by atomic mass is 35.5. The van der Waals surface area contributed by atoms with Crippen LogP contribution in [0.3, 0.4) is 0 Å². The van der Waals surface area contributed by atoms with E-state index in [-0.39, 0.29) is 5.92 Å². The number of aliphatic carboxylic acids is 1. The summed E-state index contributed by atoms with van der Waals surface area (Å²) in [7, 11) is 0. The molecule has 1 heterocycles. The van der Waals surface area contributed by atoms with Gasteiger partial charge in [0, 0.05) is 6.08 Å². The Morgan fingerprint density at radius 3 is 2.46 bits per heavy atom. The molecule has 3 aromatic carbocycles. The molecule has 0 saturated heterocycles. The average molecular weight is 490 g/mol. The molecule has 1 fully saturated rings. The van der Waals surface area contributed by atoms with E-state index in [9.17, 15) is 14.0 Å². The van der Waals surface area contributed by atoms with E-state index in [0.29, 0.717) is 16.1 Å². The predicted molar refractivity (Wildman–Crippen MR) is 135 cm³/mol. The van der Waals surface area contributed by atoms with Gasteiger partial charge in [0.1, 0.15) is 5.82 Å². The van der Waals surface area contributed by atoms with Gasteiger partial charge in [-0.3, -0.25) is 4.98 Å². The number of carboxylic acids is 1. The van der Waals surface area contributed by atoms with E-state index in [1.807, 2.05) is 36.4 Å². The van der Waals surface area contributed by atoms with Crippen LogP contribution in [0.15, 0.2) is 76.0 Å². The zero-order chi connectivity index (χ0) is 24.5. The van der Waals surface area contributed by atoms with E-state index < -0.39 is 17.5 Å². The van der Waals surface area contributed by atoms with Crippen molar-refractivity contribution < 1.29 is 18.7 Å². The fraction of sp³-hybridized carbons (Fsp3) is 0.143. The molecule has 0 radical (unpaired) electrons. The first-order valence-electron chi connectivity index (χ1n) is 11.2. The maximum Gasteiger partial charge on any atom is 0.417 e. The monoisotopic (exact) mass is 489 g/mol. The molecule has 0 bridgehead atoms. The van der Waals surface area contributed by atoms with Gasteiger partial charge in [-0.25, -0.2) is 14.0 Å². The smallest absolute Gasteiger partial charge is 0.417 e. The zero-order valence-corrected chi connectivity index (χ0v) is 19.3. The largest absolute Gasteiger partial charge is 0.478 e. The summed E-state index contributed by atoms with van der Waals surface area (Å²) in [5.74, 6) is -1.72. The van der Waals surface area contributed by atoms with Crippen LogP contribution in [-0.4, -0.2) is 16.1 Å². The van der Waals surface area contributed by atoms with Crippen LogP contribution in [0.2, 0.25) is 5.02 Å². The van der Waals surface area contributed by atoms with Gasteiger partial charge in [-0.05, 0) is 82.5 Å². The number of hydrogen-bond acceptors (Lipinski definition) is 3. The van der Waals surface area contributed by atoms with Crippen molar-refractivity contribution in [1.82, 2.24) is 4.98 Å². The Morgan fingerprint density at radius 2 is 1.80 bits per heavy atom. The summed E-state index contributed by atoms with van der Waals surface area (Å²) in [5, 5.41) is 9.26. The number of benzene rings is 3. The van der Waals surface area contributed by atoms with Crippen molar-refractivity contribution in [2.75, 3.05) is 0 Å². The molecule has 0 atom stereocenters. The predicted octanol–water partition coefficient (Wildman–Crippen LogP) is 6.77. The topological polar surface area (TPSA) is 83.3 Å². The number of rotatable bonds is 6. The molecule has 0 unspecified atom stereocenters. The van der Waals surface area contributed by atoms with Crippen molar-refractivity contribution in [2.45, 2.75) is 19.3 Å². The lowest BCUT2D eigenvalue weighted by Gasteiger charge is -2.32. The second-order valence-electron chi connectivity index (χ2n) is 8.56. The van der Waals surface area contributed by atoms with Crippen molar-refractivity contribution in [3.8, 4) is 0 Å². The summed E-state index contributed by atoms with van der Waals surface area (Å²) in [4.78, 5) is 25.3. The number of halogens is 2. The molecule has 0 aliphatic heterocycles. The van der Waals surface area contributed by atoms with Crippen LogP contribution in [0.4, 0.5) is 4.39 Å². The minimum absolute atomic E-state index is 0.230. The van der Waals surface area contributed by atoms with Gasteiger partial charge in [-0.2, -0.15) is 0 Å². The van der Waals surface area contributed by atoms with Crippen LogP contribution in [0.25, 0.3) is 28.3 Å². The maximum atomic E-state index is 13.9. The van der Waals surface area contributed by atoms with Crippen molar-refractivity contribution in [3.63, 3.8) is 0 Å². The van der Waals surface area contributed by atoms with Crippen LogP contribution >= 0.6 is 11.6 Å². The number of carbonyl (C=O) groups is 1. The highest BCUT2D eigenvalue weighted by molar-refractivity contribution is 6.32. The van der Waals surface area contributed by atoms with Crippen molar-refractivity contribution in [2.24, 2.45) is 5.92 Å². The molecule has 7 heteroatoms. The summed E-state index contributed by atoms with van der Waals surface area (Å²) < 4.78 is 19.2. The van der Waals surface area contributed by atoms with E-state index in [2.05, 4.69) is 4.98 Å². The van der Waals surface area contributed by atoms with Gasteiger partial charge in [0.05, 0.1) is 10.5 Å². The Labute approximate surface area is 205 Å². The lowest BCUT2D eigenvalue weighted by Crippen LogP contribution is -2.15. The lowest BCUT2D eigenvalue weighted by molar-refractivity contribution is -0.131. The van der Waals surface area contributed by atoms with E-state index in [0.717, 1.165) is 58.7 Å². The fourth-order valence-electron chi connectivity index (χ4n) is 4.47. The molecular weight excluding hydrogens is 469 g/mol. The molecule has 1 saturated carbocycles. The minimum atomic E-state index is -1.02. The number of aromatic nitrogens is 1. The number of allylic oxidation sites excluding steroid dienone is 1. The highest BCUT2D eigenvalue weighted by Gasteiger charge is 2.28. The molecule has 1 aliphatic rings. The summed E-state index contributed by atoms with van der Waals surface area (Å²) in [5.41, 5.74) is 6.16. The van der Waals surface area contributed by atoms with Gasteiger partial charge in [-0.15, -0.1) is 0 Å². The molecular formula is C28H21ClFNO4. The quantitative estimate of drug-likeness (QED) is 0.231. The first-order valence-corrected chi connectivity index (χ1v) is 11.6. The molecule has 2 N–H and O–H groups in total. The van der Waals surface area contributed by atoms with Crippen LogP contribution in [-0.2, 0) is 4.79 Å². The third-order valence-electron chi connectivity index (χ3n) is 6.33. The minimum Gasteiger partial charge on any atom is -0.478 e. The molecule has 5 rings (SSSR count). The Kier molecular flexibility index (Phi) is 6.14. The van der Waals surface area contributed by atoms with E-state index in [1.165, 1.54) is 18.2 Å². The second-order valence-corrected chi connectivity index (χ2v) is 8.97.